The van der Waals surface area contributed by atoms with E-state index in [0.717, 1.165) is 32.1 Å². The number of halogens is 1. The SMILES string of the molecule is CC(C)(C)[C@@H]([C@@H](Oc1ccc(Cl)cc1)n1cncn1)n1nnnc1C[NH+]1CCOCC1. The third-order valence-electron chi connectivity index (χ3n) is 5.36. The van der Waals surface area contributed by atoms with Crippen molar-refractivity contribution in [1.82, 2.24) is 35.0 Å². The van der Waals surface area contributed by atoms with Gasteiger partial charge >= 0.3 is 0 Å². The maximum Gasteiger partial charge on any atom is 0.215 e. The Balaban J connectivity index is 1.69. The highest BCUT2D eigenvalue weighted by atomic mass is 35.5. The van der Waals surface area contributed by atoms with Crippen molar-refractivity contribution >= 4 is 11.6 Å². The summed E-state index contributed by atoms with van der Waals surface area (Å²) in [6, 6.07) is 7.02. The summed E-state index contributed by atoms with van der Waals surface area (Å²) in [6.07, 6.45) is 2.62. The molecule has 4 rings (SSSR count). The maximum atomic E-state index is 6.43. The van der Waals surface area contributed by atoms with E-state index in [9.17, 15) is 0 Å². The van der Waals surface area contributed by atoms with Crippen molar-refractivity contribution in [3.63, 3.8) is 0 Å². The van der Waals surface area contributed by atoms with E-state index in [2.05, 4.69) is 46.4 Å². The normalized spacial score (nSPS) is 17.4. The molecule has 10 nitrogen and oxygen atoms in total. The number of tetrazole rings is 1. The second-order valence-corrected chi connectivity index (χ2v) is 9.16. The lowest BCUT2D eigenvalue weighted by Gasteiger charge is -2.37. The number of nitrogens with zero attached hydrogens (tertiary/aromatic N) is 7. The summed E-state index contributed by atoms with van der Waals surface area (Å²) in [5.74, 6) is 1.48. The molecule has 11 heteroatoms. The molecule has 0 bridgehead atoms. The predicted molar refractivity (Wildman–Crippen MR) is 113 cm³/mol. The Morgan fingerprint density at radius 3 is 2.58 bits per heavy atom. The summed E-state index contributed by atoms with van der Waals surface area (Å²) in [7, 11) is 0. The van der Waals surface area contributed by atoms with Gasteiger partial charge in [-0.3, -0.25) is 0 Å². The Bertz CT molecular complexity index is 948. The summed E-state index contributed by atoms with van der Waals surface area (Å²) in [6.45, 7) is 10.5. The average molecular weight is 448 g/mol. The van der Waals surface area contributed by atoms with Crippen LogP contribution in [-0.2, 0) is 11.3 Å². The molecule has 3 heterocycles. The van der Waals surface area contributed by atoms with Gasteiger partial charge in [0.05, 0.1) is 13.2 Å². The van der Waals surface area contributed by atoms with Gasteiger partial charge in [-0.25, -0.2) is 14.3 Å². The first-order chi connectivity index (χ1) is 14.9. The smallest absolute Gasteiger partial charge is 0.215 e. The quantitative estimate of drug-likeness (QED) is 0.581. The van der Waals surface area contributed by atoms with Crippen LogP contribution in [0.25, 0.3) is 0 Å². The van der Waals surface area contributed by atoms with E-state index >= 15 is 0 Å². The monoisotopic (exact) mass is 447 g/mol. The van der Waals surface area contributed by atoms with Crippen molar-refractivity contribution in [2.45, 2.75) is 39.6 Å². The van der Waals surface area contributed by atoms with Gasteiger partial charge in [0, 0.05) is 5.02 Å². The molecule has 0 spiro atoms. The van der Waals surface area contributed by atoms with Gasteiger partial charge in [0.15, 0.2) is 0 Å². The molecule has 1 saturated heterocycles. The van der Waals surface area contributed by atoms with Gasteiger partial charge in [0.1, 0.15) is 44.1 Å². The summed E-state index contributed by atoms with van der Waals surface area (Å²) in [5, 5.41) is 17.8. The van der Waals surface area contributed by atoms with Crippen LogP contribution in [0.2, 0.25) is 5.02 Å². The Kier molecular flexibility index (Phi) is 6.49. The average Bonchev–Trinajstić information content (AvgIpc) is 3.42. The molecule has 0 saturated carbocycles. The van der Waals surface area contributed by atoms with Gasteiger partial charge in [-0.2, -0.15) is 5.10 Å². The molecule has 1 N–H and O–H groups in total. The number of hydrogen-bond acceptors (Lipinski definition) is 7. The first kappa shape index (κ1) is 21.7. The highest BCUT2D eigenvalue weighted by molar-refractivity contribution is 6.30. The molecule has 1 aromatic carbocycles. The fourth-order valence-corrected chi connectivity index (χ4v) is 3.91. The molecule has 1 fully saturated rings. The van der Waals surface area contributed by atoms with Gasteiger partial charge in [-0.05, 0) is 40.1 Å². The summed E-state index contributed by atoms with van der Waals surface area (Å²) >= 11 is 6.05. The molecule has 0 radical (unpaired) electrons. The topological polar surface area (TPSA) is 97.2 Å². The van der Waals surface area contributed by atoms with Crippen LogP contribution >= 0.6 is 11.6 Å². The third-order valence-corrected chi connectivity index (χ3v) is 5.61. The van der Waals surface area contributed by atoms with Crippen molar-refractivity contribution in [2.24, 2.45) is 5.41 Å². The van der Waals surface area contributed by atoms with Crippen LogP contribution in [-0.4, -0.2) is 61.3 Å². The van der Waals surface area contributed by atoms with E-state index in [-0.39, 0.29) is 11.5 Å². The Labute approximate surface area is 186 Å². The second-order valence-electron chi connectivity index (χ2n) is 8.73. The summed E-state index contributed by atoms with van der Waals surface area (Å²) in [4.78, 5) is 5.53. The van der Waals surface area contributed by atoms with Crippen LogP contribution < -0.4 is 9.64 Å². The van der Waals surface area contributed by atoms with Crippen LogP contribution in [0.4, 0.5) is 0 Å². The molecule has 166 valence electrons. The highest BCUT2D eigenvalue weighted by Gasteiger charge is 2.40. The zero-order valence-electron chi connectivity index (χ0n) is 18.0. The van der Waals surface area contributed by atoms with Gasteiger partial charge in [-0.1, -0.05) is 32.4 Å². The van der Waals surface area contributed by atoms with E-state index in [4.69, 9.17) is 21.1 Å². The second kappa shape index (κ2) is 9.29. The van der Waals surface area contributed by atoms with Crippen molar-refractivity contribution in [2.75, 3.05) is 26.3 Å². The lowest BCUT2D eigenvalue weighted by atomic mass is 9.85. The number of ether oxygens (including phenoxy) is 2. The fraction of sp³-hybridized carbons (Fsp3) is 0.550. The Morgan fingerprint density at radius 1 is 1.19 bits per heavy atom. The lowest BCUT2D eigenvalue weighted by molar-refractivity contribution is -0.922. The fourth-order valence-electron chi connectivity index (χ4n) is 3.79. The van der Waals surface area contributed by atoms with Crippen molar-refractivity contribution in [1.29, 1.82) is 0 Å². The van der Waals surface area contributed by atoms with E-state index in [1.54, 1.807) is 23.1 Å². The number of nitrogens with one attached hydrogen (secondary N) is 1. The molecule has 1 aliphatic heterocycles. The first-order valence-electron chi connectivity index (χ1n) is 10.4. The van der Waals surface area contributed by atoms with Crippen LogP contribution in [0.5, 0.6) is 5.75 Å². The number of morpholine rings is 1. The molecule has 0 aliphatic carbocycles. The zero-order valence-corrected chi connectivity index (χ0v) is 18.7. The standard InChI is InChI=1S/C20H27ClN8O2/c1-20(2,3)18(29-17(24-25-26-29)12-27-8-10-30-11-9-27)19(28-14-22-13-23-28)31-16-6-4-15(21)5-7-16/h4-7,13-14,18-19H,8-12H2,1-3H3/p+1/t18-,19-/m1/s1. The molecule has 31 heavy (non-hydrogen) atoms. The van der Waals surface area contributed by atoms with Crippen molar-refractivity contribution in [3.05, 3.63) is 47.8 Å². The molecule has 2 aromatic heterocycles. The van der Waals surface area contributed by atoms with E-state index in [0.29, 0.717) is 17.3 Å². The van der Waals surface area contributed by atoms with Crippen LogP contribution in [0.15, 0.2) is 36.9 Å². The van der Waals surface area contributed by atoms with Gasteiger partial charge in [0.2, 0.25) is 12.1 Å². The van der Waals surface area contributed by atoms with E-state index in [1.807, 2.05) is 16.8 Å². The Hall–Kier alpha value is -2.56. The first-order valence-corrected chi connectivity index (χ1v) is 10.7. The largest absolute Gasteiger partial charge is 0.466 e. The Morgan fingerprint density at radius 2 is 1.94 bits per heavy atom. The maximum absolute atomic E-state index is 6.43. The van der Waals surface area contributed by atoms with Gasteiger partial charge < -0.3 is 14.4 Å². The van der Waals surface area contributed by atoms with E-state index < -0.39 is 6.23 Å². The third kappa shape index (κ3) is 5.20. The molecule has 0 unspecified atom stereocenters. The van der Waals surface area contributed by atoms with Gasteiger partial charge in [-0.15, -0.1) is 5.10 Å². The van der Waals surface area contributed by atoms with Crippen LogP contribution in [0, 0.1) is 5.41 Å². The predicted octanol–water partition coefficient (Wildman–Crippen LogP) is 1.20. The minimum Gasteiger partial charge on any atom is -0.466 e. The molecular formula is C20H28ClN8O2+. The van der Waals surface area contributed by atoms with Crippen molar-refractivity contribution in [3.8, 4) is 5.75 Å². The van der Waals surface area contributed by atoms with Gasteiger partial charge in [0.25, 0.3) is 0 Å². The van der Waals surface area contributed by atoms with Crippen molar-refractivity contribution < 1.29 is 14.4 Å². The minimum absolute atomic E-state index is 0.254. The number of aromatic nitrogens is 7. The summed E-state index contributed by atoms with van der Waals surface area (Å²) in [5.41, 5.74) is -0.256. The molecule has 3 aromatic rings. The molecule has 2 atom stereocenters. The van der Waals surface area contributed by atoms with Crippen LogP contribution in [0.1, 0.15) is 38.9 Å². The molecule has 1 aliphatic rings. The number of rotatable bonds is 7. The lowest BCUT2D eigenvalue weighted by Crippen LogP contribution is -3.12. The zero-order chi connectivity index (χ0) is 21.8. The molecular weight excluding hydrogens is 420 g/mol. The summed E-state index contributed by atoms with van der Waals surface area (Å²) < 4.78 is 15.5. The van der Waals surface area contributed by atoms with E-state index in [1.165, 1.54) is 11.2 Å². The number of hydrogen-bond donors (Lipinski definition) is 1. The molecule has 0 amide bonds. The van der Waals surface area contributed by atoms with Crippen LogP contribution in [0.3, 0.4) is 0 Å². The number of benzene rings is 1. The number of quaternary nitrogens is 1. The highest BCUT2D eigenvalue weighted by Crippen LogP contribution is 2.40. The minimum atomic E-state index is -0.523.